The van der Waals surface area contributed by atoms with Crippen LogP contribution in [0.3, 0.4) is 0 Å². The number of ether oxygens (including phenoxy) is 1. The minimum Gasteiger partial charge on any atom is -0.481 e. The summed E-state index contributed by atoms with van der Waals surface area (Å²) in [5.41, 5.74) is 0. The first-order chi connectivity index (χ1) is 8.52. The van der Waals surface area contributed by atoms with Crippen LogP contribution in [0.5, 0.6) is 0 Å². The van der Waals surface area contributed by atoms with E-state index in [9.17, 15) is 4.79 Å². The van der Waals surface area contributed by atoms with Gasteiger partial charge >= 0.3 is 0 Å². The topological polar surface area (TPSA) is 97.7 Å². The number of ketones is 1. The van der Waals surface area contributed by atoms with E-state index in [2.05, 4.69) is 25.5 Å². The van der Waals surface area contributed by atoms with E-state index in [0.29, 0.717) is 6.47 Å². The molecule has 0 aromatic carbocycles. The third-order valence-electron chi connectivity index (χ3n) is 0.0962. The van der Waals surface area contributed by atoms with Crippen LogP contribution in [0.2, 0.25) is 0 Å². The number of rotatable bonds is 1. The molecule has 6 nitrogen and oxygen atoms in total. The summed E-state index contributed by atoms with van der Waals surface area (Å²) < 4.78 is 3.86. The highest BCUT2D eigenvalue weighted by Crippen LogP contribution is 1.81. The summed E-state index contributed by atoms with van der Waals surface area (Å²) in [5, 5.41) is 7.42. The van der Waals surface area contributed by atoms with Gasteiger partial charge in [-0.05, 0) is 26.7 Å². The summed E-state index contributed by atoms with van der Waals surface area (Å²) in [6.07, 6.45) is 0.750. The maximum absolute atomic E-state index is 9.44. The number of aliphatic carboxylic acids is 1. The number of methoxy groups -OCH3 is 1. The van der Waals surface area contributed by atoms with E-state index in [1.807, 2.05) is 0 Å². The Balaban J connectivity index is -0.0000000432. The van der Waals surface area contributed by atoms with E-state index in [1.54, 1.807) is 0 Å². The van der Waals surface area contributed by atoms with Crippen LogP contribution in [-0.4, -0.2) is 36.7 Å². The smallest absolute Gasteiger partial charge is 0.300 e. The molecule has 116 valence electrons. The van der Waals surface area contributed by atoms with Crippen LogP contribution in [0.4, 0.5) is 0 Å². The van der Waals surface area contributed by atoms with Gasteiger partial charge in [-0.2, -0.15) is 0 Å². The van der Waals surface area contributed by atoms with Crippen LogP contribution < -0.4 is 0 Å². The lowest BCUT2D eigenvalue weighted by Gasteiger charge is -1.79. The van der Waals surface area contributed by atoms with E-state index in [4.69, 9.17) is 19.5 Å². The Morgan fingerprint density at radius 1 is 1.05 bits per heavy atom. The molecule has 0 spiro atoms. The number of aldehydes is 1. The van der Waals surface area contributed by atoms with Crippen LogP contribution in [0.1, 0.15) is 48.5 Å². The monoisotopic (exact) mass is 280 g/mol. The van der Waals surface area contributed by atoms with E-state index < -0.39 is 5.97 Å². The van der Waals surface area contributed by atoms with Crippen molar-refractivity contribution in [2.75, 3.05) is 7.11 Å². The Morgan fingerprint density at radius 2 is 1.11 bits per heavy atom. The van der Waals surface area contributed by atoms with Gasteiger partial charge in [-0.25, -0.2) is 0 Å². The zero-order chi connectivity index (χ0) is 16.9. The predicted molar refractivity (Wildman–Crippen MR) is 75.0 cm³/mol. The largest absolute Gasteiger partial charge is 0.481 e. The summed E-state index contributed by atoms with van der Waals surface area (Å²) in [4.78, 5) is 36.2. The number of hydrogen-bond donors (Lipinski definition) is 1. The maximum atomic E-state index is 9.44. The summed E-state index contributed by atoms with van der Waals surface area (Å²) in [7, 11) is 1.31. The molecule has 19 heavy (non-hydrogen) atoms. The predicted octanol–water partition coefficient (Wildman–Crippen LogP) is 2.34. The van der Waals surface area contributed by atoms with E-state index in [1.165, 1.54) is 27.9 Å². The van der Waals surface area contributed by atoms with Gasteiger partial charge in [0, 0.05) is 6.92 Å². The Morgan fingerprint density at radius 3 is 1.11 bits per heavy atom. The van der Waals surface area contributed by atoms with Crippen LogP contribution >= 0.6 is 0 Å². The molecule has 0 radical (unpaired) electrons. The third-order valence-corrected chi connectivity index (χ3v) is 0.0962. The highest BCUT2D eigenvalue weighted by Gasteiger charge is 1.68. The number of hydrogen-bond acceptors (Lipinski definition) is 5. The van der Waals surface area contributed by atoms with Crippen molar-refractivity contribution in [2.45, 2.75) is 48.5 Å². The number of carbonyl (C=O) groups is 4. The molecule has 0 rings (SSSR count). The normalized spacial score (nSPS) is 6.37. The van der Waals surface area contributed by atoms with E-state index in [-0.39, 0.29) is 5.78 Å². The summed E-state index contributed by atoms with van der Waals surface area (Å²) in [5.74, 6) is 0.167. The van der Waals surface area contributed by atoms with Crippen LogP contribution in [0, 0.1) is 5.92 Å². The van der Waals surface area contributed by atoms with Gasteiger partial charge in [-0.1, -0.05) is 20.8 Å². The summed E-state index contributed by atoms with van der Waals surface area (Å²) >= 11 is 0. The zero-order valence-corrected chi connectivity index (χ0v) is 13.2. The van der Waals surface area contributed by atoms with Gasteiger partial charge in [0.2, 0.25) is 0 Å². The van der Waals surface area contributed by atoms with Gasteiger partial charge in [-0.3, -0.25) is 9.59 Å². The second kappa shape index (κ2) is 36.0. The van der Waals surface area contributed by atoms with Crippen molar-refractivity contribution in [2.24, 2.45) is 5.92 Å². The van der Waals surface area contributed by atoms with Crippen LogP contribution in [0.15, 0.2) is 0 Å². The highest BCUT2D eigenvalue weighted by molar-refractivity contribution is 5.72. The van der Waals surface area contributed by atoms with Gasteiger partial charge in [-0.15, -0.1) is 0 Å². The van der Waals surface area contributed by atoms with Gasteiger partial charge in [0.1, 0.15) is 12.1 Å². The summed E-state index contributed by atoms with van der Waals surface area (Å²) in [6, 6.07) is 0. The number of carboxylic acid groups (broad SMARTS) is 1. The molecular weight excluding hydrogens is 252 g/mol. The molecule has 1 N–H and O–H groups in total. The molecule has 0 aromatic rings. The fourth-order valence-corrected chi connectivity index (χ4v) is 0. The van der Waals surface area contributed by atoms with Gasteiger partial charge < -0.3 is 19.4 Å². The molecule has 0 saturated carbocycles. The Labute approximate surface area is 116 Å². The molecule has 0 aromatic heterocycles. The molecular formula is C13H28O6. The lowest BCUT2D eigenvalue weighted by atomic mass is 10.3. The molecule has 0 unspecified atom stereocenters. The Bertz CT molecular complexity index is 177. The van der Waals surface area contributed by atoms with Crippen molar-refractivity contribution in [3.05, 3.63) is 0 Å². The van der Waals surface area contributed by atoms with Crippen molar-refractivity contribution in [1.29, 1.82) is 0 Å². The SMILES string of the molecule is CC(=O)O.CC(C)=O.CC(C)C.CC=O.COC=O. The van der Waals surface area contributed by atoms with Crippen LogP contribution in [-0.2, 0) is 23.9 Å². The molecule has 6 heteroatoms. The molecule has 0 heterocycles. The minimum absolute atomic E-state index is 0.167. The Kier molecular flexibility index (Phi) is 57.5. The lowest BCUT2D eigenvalue weighted by molar-refractivity contribution is -0.134. The first-order valence-corrected chi connectivity index (χ1v) is 5.56. The second-order valence-corrected chi connectivity index (χ2v) is 3.73. The number of carboxylic acids is 1. The molecule has 0 atom stereocenters. The summed E-state index contributed by atoms with van der Waals surface area (Å²) in [6.45, 7) is 12.5. The third kappa shape index (κ3) is 6400. The van der Waals surface area contributed by atoms with Crippen molar-refractivity contribution in [1.82, 2.24) is 0 Å². The number of carbonyl (C=O) groups excluding carboxylic acids is 3. The van der Waals surface area contributed by atoms with Crippen molar-refractivity contribution >= 4 is 24.5 Å². The van der Waals surface area contributed by atoms with E-state index in [0.717, 1.165) is 19.1 Å². The van der Waals surface area contributed by atoms with Gasteiger partial charge in [0.15, 0.2) is 0 Å². The van der Waals surface area contributed by atoms with Gasteiger partial charge in [0.05, 0.1) is 7.11 Å². The minimum atomic E-state index is -0.833. The first-order valence-electron chi connectivity index (χ1n) is 5.56. The molecule has 0 bridgehead atoms. The number of Topliss-reactive ketones (excluding diaryl/α,β-unsaturated/α-hetero) is 1. The van der Waals surface area contributed by atoms with Crippen LogP contribution in [0.25, 0.3) is 0 Å². The Hall–Kier alpha value is -1.72. The standard InChI is InChI=1S/C4H10.C3H6O.2C2H4O2.C2H4O/c1-4(2)3;1-3(2)4;1-4-2-3;1-2(3)4;1-2-3/h4H,1-3H3;1-2H3;2H,1H3;1H3,(H,3,4);2H,1H3. The quantitative estimate of drug-likeness (QED) is 0.740. The molecule has 0 fully saturated rings. The highest BCUT2D eigenvalue weighted by atomic mass is 16.5. The molecule has 0 aliphatic carbocycles. The average Bonchev–Trinajstić information content (AvgIpc) is 2.15. The zero-order valence-electron chi connectivity index (χ0n) is 13.2. The fraction of sp³-hybridized carbons (Fsp3) is 0.692. The first kappa shape index (κ1) is 30.4. The van der Waals surface area contributed by atoms with Gasteiger partial charge in [0.25, 0.3) is 12.4 Å². The lowest BCUT2D eigenvalue weighted by Crippen LogP contribution is -1.78. The maximum Gasteiger partial charge on any atom is 0.300 e. The van der Waals surface area contributed by atoms with Crippen molar-refractivity contribution in [3.8, 4) is 0 Å². The molecule has 0 aliphatic heterocycles. The average molecular weight is 280 g/mol. The van der Waals surface area contributed by atoms with Crippen molar-refractivity contribution in [3.63, 3.8) is 0 Å². The van der Waals surface area contributed by atoms with Crippen molar-refractivity contribution < 1.29 is 29.0 Å². The molecule has 0 aliphatic rings. The molecule has 0 amide bonds. The fourth-order valence-electron chi connectivity index (χ4n) is 0. The molecule has 0 saturated heterocycles. The second-order valence-electron chi connectivity index (χ2n) is 3.73. The van der Waals surface area contributed by atoms with E-state index >= 15 is 0 Å².